The number of carbonyl (C=O) groups is 2. The number of furan rings is 1. The number of rotatable bonds is 2. The number of ether oxygens (including phenoxy) is 1. The van der Waals surface area contributed by atoms with Crippen LogP contribution in [0.1, 0.15) is 37.7 Å². The van der Waals surface area contributed by atoms with Crippen molar-refractivity contribution in [2.75, 3.05) is 20.1 Å². The highest BCUT2D eigenvalue weighted by Gasteiger charge is 2.34. The van der Waals surface area contributed by atoms with Crippen LogP contribution in [0.5, 0.6) is 0 Å². The Morgan fingerprint density at radius 1 is 1.41 bits per heavy atom. The molecule has 0 aliphatic carbocycles. The van der Waals surface area contributed by atoms with Crippen LogP contribution in [0.15, 0.2) is 16.5 Å². The van der Waals surface area contributed by atoms with E-state index in [1.165, 1.54) is 6.07 Å². The normalized spacial score (nSPS) is 18.4. The zero-order valence-electron chi connectivity index (χ0n) is 13.3. The molecule has 22 heavy (non-hydrogen) atoms. The third-order valence-corrected chi connectivity index (χ3v) is 3.67. The van der Waals surface area contributed by atoms with Crippen molar-refractivity contribution in [2.45, 2.75) is 38.8 Å². The van der Waals surface area contributed by atoms with E-state index in [1.54, 1.807) is 22.9 Å². The largest absolute Gasteiger partial charge is 0.444 e. The summed E-state index contributed by atoms with van der Waals surface area (Å²) in [7, 11) is 1.69. The minimum atomic E-state index is -0.537. The van der Waals surface area contributed by atoms with Crippen LogP contribution in [-0.4, -0.2) is 53.6 Å². The number of hydrogen-bond donors (Lipinski definition) is 0. The molecule has 1 atom stereocenters. The van der Waals surface area contributed by atoms with Gasteiger partial charge in [0.15, 0.2) is 11.0 Å². The lowest BCUT2D eigenvalue weighted by atomic mass is 10.2. The topological polar surface area (TPSA) is 63.0 Å². The number of halogens is 1. The Morgan fingerprint density at radius 3 is 2.64 bits per heavy atom. The summed E-state index contributed by atoms with van der Waals surface area (Å²) < 4.78 is 10.5. The number of hydrogen-bond acceptors (Lipinski definition) is 4. The van der Waals surface area contributed by atoms with Gasteiger partial charge in [-0.1, -0.05) is 0 Å². The van der Waals surface area contributed by atoms with Gasteiger partial charge in [-0.05, 0) is 50.9 Å². The fraction of sp³-hybridized carbons (Fsp3) is 0.600. The summed E-state index contributed by atoms with van der Waals surface area (Å²) in [5.74, 6) is -0.00226. The number of nitrogens with zero attached hydrogens (tertiary/aromatic N) is 2. The van der Waals surface area contributed by atoms with Gasteiger partial charge < -0.3 is 19.0 Å². The third-order valence-electron chi connectivity index (χ3n) is 3.46. The minimum absolute atomic E-state index is 0.0655. The Morgan fingerprint density at radius 2 is 2.09 bits per heavy atom. The van der Waals surface area contributed by atoms with Crippen LogP contribution in [0.4, 0.5) is 4.79 Å². The molecule has 1 fully saturated rings. The summed E-state index contributed by atoms with van der Waals surface area (Å²) in [5.41, 5.74) is -0.537. The van der Waals surface area contributed by atoms with Gasteiger partial charge in [0.2, 0.25) is 0 Å². The third kappa shape index (κ3) is 3.94. The van der Waals surface area contributed by atoms with E-state index < -0.39 is 5.60 Å². The standard InChI is InChI=1S/C15H21ClN2O4/c1-15(2,3)22-14(20)17(4)10-7-8-18(9-10)13(19)11-5-6-12(16)21-11/h5-6,10H,7-9H2,1-4H3/t10-/m0/s1. The lowest BCUT2D eigenvalue weighted by Gasteiger charge is -2.28. The van der Waals surface area contributed by atoms with Gasteiger partial charge in [-0.3, -0.25) is 4.79 Å². The van der Waals surface area contributed by atoms with E-state index in [2.05, 4.69) is 0 Å². The van der Waals surface area contributed by atoms with E-state index in [-0.39, 0.29) is 29.0 Å². The molecule has 6 nitrogen and oxygen atoms in total. The average Bonchev–Trinajstić information content (AvgIpc) is 3.03. The highest BCUT2D eigenvalue weighted by Crippen LogP contribution is 2.21. The molecule has 1 aromatic heterocycles. The van der Waals surface area contributed by atoms with Crippen molar-refractivity contribution < 1.29 is 18.7 Å². The molecule has 0 bridgehead atoms. The van der Waals surface area contributed by atoms with Crippen LogP contribution >= 0.6 is 11.6 Å². The molecule has 2 heterocycles. The van der Waals surface area contributed by atoms with Gasteiger partial charge in [0.05, 0.1) is 6.04 Å². The Kier molecular flexibility index (Phi) is 4.70. The maximum atomic E-state index is 12.3. The molecule has 0 radical (unpaired) electrons. The molecule has 122 valence electrons. The predicted octanol–water partition coefficient (Wildman–Crippen LogP) is 3.01. The van der Waals surface area contributed by atoms with E-state index in [0.717, 1.165) is 0 Å². The maximum Gasteiger partial charge on any atom is 0.410 e. The first-order valence-electron chi connectivity index (χ1n) is 7.18. The quantitative estimate of drug-likeness (QED) is 0.837. The number of amides is 2. The van der Waals surface area contributed by atoms with Crippen molar-refractivity contribution in [1.29, 1.82) is 0 Å². The van der Waals surface area contributed by atoms with Gasteiger partial charge in [0.1, 0.15) is 5.60 Å². The first-order valence-corrected chi connectivity index (χ1v) is 7.55. The maximum absolute atomic E-state index is 12.3. The lowest BCUT2D eigenvalue weighted by Crippen LogP contribution is -2.42. The zero-order valence-corrected chi connectivity index (χ0v) is 14.0. The first-order chi connectivity index (χ1) is 10.2. The molecule has 2 amide bonds. The minimum Gasteiger partial charge on any atom is -0.444 e. The molecule has 0 spiro atoms. The van der Waals surface area contributed by atoms with E-state index >= 15 is 0 Å². The molecule has 0 N–H and O–H groups in total. The second-order valence-corrected chi connectivity index (χ2v) is 6.76. The van der Waals surface area contributed by atoms with Gasteiger partial charge in [0, 0.05) is 20.1 Å². The highest BCUT2D eigenvalue weighted by molar-refractivity contribution is 6.29. The van der Waals surface area contributed by atoms with E-state index in [9.17, 15) is 9.59 Å². The molecule has 0 unspecified atom stereocenters. The summed E-state index contributed by atoms with van der Waals surface area (Å²) >= 11 is 5.69. The molecule has 1 saturated heterocycles. The lowest BCUT2D eigenvalue weighted by molar-refractivity contribution is 0.0226. The summed E-state index contributed by atoms with van der Waals surface area (Å²) in [6, 6.07) is 3.02. The van der Waals surface area contributed by atoms with Gasteiger partial charge in [-0.15, -0.1) is 0 Å². The number of likely N-dealkylation sites (N-methyl/N-ethyl adjacent to an activating group) is 1. The summed E-state index contributed by atoms with van der Waals surface area (Å²) in [5, 5.41) is 0.185. The fourth-order valence-corrected chi connectivity index (χ4v) is 2.46. The summed E-state index contributed by atoms with van der Waals surface area (Å²) in [6.45, 7) is 6.49. The van der Waals surface area contributed by atoms with Crippen LogP contribution in [0.3, 0.4) is 0 Å². The van der Waals surface area contributed by atoms with Crippen LogP contribution < -0.4 is 0 Å². The summed E-state index contributed by atoms with van der Waals surface area (Å²) in [4.78, 5) is 27.5. The smallest absolute Gasteiger partial charge is 0.410 e. The zero-order chi connectivity index (χ0) is 16.5. The second kappa shape index (κ2) is 6.20. The number of carbonyl (C=O) groups excluding carboxylic acids is 2. The van der Waals surface area contributed by atoms with E-state index in [0.29, 0.717) is 19.5 Å². The molecule has 1 aliphatic heterocycles. The molecule has 1 aromatic rings. The first kappa shape index (κ1) is 16.7. The van der Waals surface area contributed by atoms with Crippen molar-refractivity contribution >= 4 is 23.6 Å². The molecular weight excluding hydrogens is 308 g/mol. The molecule has 7 heteroatoms. The van der Waals surface area contributed by atoms with Crippen LogP contribution in [0, 0.1) is 0 Å². The number of likely N-dealkylation sites (tertiary alicyclic amines) is 1. The molecule has 1 aliphatic rings. The van der Waals surface area contributed by atoms with E-state index in [1.807, 2.05) is 20.8 Å². The molecule has 2 rings (SSSR count). The highest BCUT2D eigenvalue weighted by atomic mass is 35.5. The Bertz CT molecular complexity index is 564. The van der Waals surface area contributed by atoms with Gasteiger partial charge in [0.25, 0.3) is 5.91 Å². The van der Waals surface area contributed by atoms with Crippen molar-refractivity contribution in [3.8, 4) is 0 Å². The predicted molar refractivity (Wildman–Crippen MR) is 82.0 cm³/mol. The van der Waals surface area contributed by atoms with Crippen molar-refractivity contribution in [3.05, 3.63) is 23.1 Å². The van der Waals surface area contributed by atoms with Gasteiger partial charge >= 0.3 is 6.09 Å². The van der Waals surface area contributed by atoms with Crippen molar-refractivity contribution in [2.24, 2.45) is 0 Å². The monoisotopic (exact) mass is 328 g/mol. The SMILES string of the molecule is CN(C(=O)OC(C)(C)C)[C@H]1CCN(C(=O)c2ccc(Cl)o2)C1. The van der Waals surface area contributed by atoms with Crippen molar-refractivity contribution in [3.63, 3.8) is 0 Å². The van der Waals surface area contributed by atoms with Crippen LogP contribution in [-0.2, 0) is 4.74 Å². The van der Waals surface area contributed by atoms with Crippen LogP contribution in [0.25, 0.3) is 0 Å². The van der Waals surface area contributed by atoms with Gasteiger partial charge in [-0.2, -0.15) is 0 Å². The fourth-order valence-electron chi connectivity index (χ4n) is 2.31. The Balaban J connectivity index is 1.94. The van der Waals surface area contributed by atoms with Crippen molar-refractivity contribution in [1.82, 2.24) is 9.80 Å². The second-order valence-electron chi connectivity index (χ2n) is 6.39. The molecule has 0 aromatic carbocycles. The summed E-state index contributed by atoms with van der Waals surface area (Å²) in [6.07, 6.45) is 0.323. The Hall–Kier alpha value is -1.69. The van der Waals surface area contributed by atoms with E-state index in [4.69, 9.17) is 20.8 Å². The van der Waals surface area contributed by atoms with Crippen LogP contribution in [0.2, 0.25) is 5.22 Å². The average molecular weight is 329 g/mol. The molecule has 0 saturated carbocycles. The van der Waals surface area contributed by atoms with Gasteiger partial charge in [-0.25, -0.2) is 4.79 Å². The molecular formula is C15H21ClN2O4. The Labute approximate surface area is 134 Å².